The van der Waals surface area contributed by atoms with Crippen LogP contribution in [0.2, 0.25) is 5.02 Å². The zero-order chi connectivity index (χ0) is 15.4. The van der Waals surface area contributed by atoms with Crippen molar-refractivity contribution in [2.75, 3.05) is 0 Å². The second kappa shape index (κ2) is 7.14. The van der Waals surface area contributed by atoms with E-state index in [4.69, 9.17) is 22.1 Å². The standard InChI is InChI=1S/C16H23ClN2O2/c1-3-12(18)8-11-4-7-15(14(17)9-11)21-10(2)16(20)19-13-5-6-13/h4,7,9-10,12-13H,3,5-6,8,18H2,1-2H3,(H,19,20). The van der Waals surface area contributed by atoms with Crippen molar-refractivity contribution < 1.29 is 9.53 Å². The van der Waals surface area contributed by atoms with Gasteiger partial charge in [0, 0.05) is 12.1 Å². The minimum atomic E-state index is -0.549. The minimum absolute atomic E-state index is 0.0920. The van der Waals surface area contributed by atoms with Crippen LogP contribution in [0.4, 0.5) is 0 Å². The van der Waals surface area contributed by atoms with Crippen molar-refractivity contribution >= 4 is 17.5 Å². The summed E-state index contributed by atoms with van der Waals surface area (Å²) in [5, 5.41) is 3.43. The quantitative estimate of drug-likeness (QED) is 0.814. The molecule has 4 nitrogen and oxygen atoms in total. The van der Waals surface area contributed by atoms with E-state index in [-0.39, 0.29) is 11.9 Å². The van der Waals surface area contributed by atoms with Gasteiger partial charge in [-0.2, -0.15) is 0 Å². The molecule has 1 saturated carbocycles. The van der Waals surface area contributed by atoms with E-state index in [2.05, 4.69) is 12.2 Å². The van der Waals surface area contributed by atoms with Crippen molar-refractivity contribution in [3.05, 3.63) is 28.8 Å². The molecule has 2 unspecified atom stereocenters. The Balaban J connectivity index is 1.94. The molecule has 1 aliphatic rings. The Hall–Kier alpha value is -1.26. The molecule has 0 saturated heterocycles. The number of amides is 1. The molecule has 0 spiro atoms. The number of carbonyl (C=O) groups excluding carboxylic acids is 1. The topological polar surface area (TPSA) is 64.3 Å². The molecule has 21 heavy (non-hydrogen) atoms. The molecule has 0 aliphatic heterocycles. The predicted molar refractivity (Wildman–Crippen MR) is 84.7 cm³/mol. The molecule has 1 aliphatic carbocycles. The Bertz CT molecular complexity index is 503. The maximum absolute atomic E-state index is 11.9. The number of carbonyl (C=O) groups is 1. The van der Waals surface area contributed by atoms with Crippen LogP contribution in [-0.4, -0.2) is 24.1 Å². The monoisotopic (exact) mass is 310 g/mol. The molecule has 2 rings (SSSR count). The highest BCUT2D eigenvalue weighted by molar-refractivity contribution is 6.32. The van der Waals surface area contributed by atoms with Crippen LogP contribution in [-0.2, 0) is 11.2 Å². The van der Waals surface area contributed by atoms with E-state index in [0.717, 1.165) is 31.2 Å². The molecule has 116 valence electrons. The Morgan fingerprint density at radius 3 is 2.81 bits per heavy atom. The van der Waals surface area contributed by atoms with Gasteiger partial charge in [0.25, 0.3) is 5.91 Å². The molecule has 1 aromatic carbocycles. The first-order valence-electron chi connectivity index (χ1n) is 7.50. The third kappa shape index (κ3) is 4.90. The molecule has 0 aromatic heterocycles. The fourth-order valence-corrected chi connectivity index (χ4v) is 2.25. The van der Waals surface area contributed by atoms with E-state index in [1.807, 2.05) is 12.1 Å². The van der Waals surface area contributed by atoms with Crippen LogP contribution in [0.5, 0.6) is 5.75 Å². The lowest BCUT2D eigenvalue weighted by molar-refractivity contribution is -0.127. The number of hydrogen-bond donors (Lipinski definition) is 2. The largest absolute Gasteiger partial charge is 0.479 e. The van der Waals surface area contributed by atoms with Gasteiger partial charge in [-0.1, -0.05) is 24.6 Å². The lowest BCUT2D eigenvalue weighted by Gasteiger charge is -2.16. The fraction of sp³-hybridized carbons (Fsp3) is 0.562. The summed E-state index contributed by atoms with van der Waals surface area (Å²) in [4.78, 5) is 11.9. The Morgan fingerprint density at radius 2 is 2.24 bits per heavy atom. The lowest BCUT2D eigenvalue weighted by Crippen LogP contribution is -2.37. The van der Waals surface area contributed by atoms with E-state index in [9.17, 15) is 4.79 Å². The average Bonchev–Trinajstić information content (AvgIpc) is 3.25. The van der Waals surface area contributed by atoms with Gasteiger partial charge in [-0.05, 0) is 50.3 Å². The van der Waals surface area contributed by atoms with Crippen LogP contribution in [0.3, 0.4) is 0 Å². The molecule has 2 atom stereocenters. The average molecular weight is 311 g/mol. The van der Waals surface area contributed by atoms with Gasteiger partial charge in [-0.25, -0.2) is 0 Å². The van der Waals surface area contributed by atoms with E-state index in [1.165, 1.54) is 0 Å². The van der Waals surface area contributed by atoms with Crippen LogP contribution in [0.25, 0.3) is 0 Å². The molecule has 0 radical (unpaired) electrons. The SMILES string of the molecule is CCC(N)Cc1ccc(OC(C)C(=O)NC2CC2)c(Cl)c1. The highest BCUT2D eigenvalue weighted by Crippen LogP contribution is 2.27. The van der Waals surface area contributed by atoms with E-state index in [1.54, 1.807) is 13.0 Å². The van der Waals surface area contributed by atoms with Crippen LogP contribution in [0.15, 0.2) is 18.2 Å². The highest BCUT2D eigenvalue weighted by atomic mass is 35.5. The zero-order valence-electron chi connectivity index (χ0n) is 12.6. The number of halogens is 1. The Labute approximate surface area is 131 Å². The van der Waals surface area contributed by atoms with Crippen molar-refractivity contribution in [3.8, 4) is 5.75 Å². The van der Waals surface area contributed by atoms with Gasteiger partial charge in [0.2, 0.25) is 0 Å². The second-order valence-electron chi connectivity index (χ2n) is 5.68. The molecule has 3 N–H and O–H groups in total. The smallest absolute Gasteiger partial charge is 0.260 e. The van der Waals surface area contributed by atoms with Crippen molar-refractivity contribution in [1.82, 2.24) is 5.32 Å². The summed E-state index contributed by atoms with van der Waals surface area (Å²) < 4.78 is 5.65. The molecule has 0 bridgehead atoms. The summed E-state index contributed by atoms with van der Waals surface area (Å²) in [5.41, 5.74) is 7.02. The molecule has 1 fully saturated rings. The fourth-order valence-electron chi connectivity index (χ4n) is 2.00. The first-order valence-corrected chi connectivity index (χ1v) is 7.88. The van der Waals surface area contributed by atoms with Gasteiger partial charge in [0.05, 0.1) is 5.02 Å². The van der Waals surface area contributed by atoms with Crippen LogP contribution in [0, 0.1) is 0 Å². The van der Waals surface area contributed by atoms with Crippen LogP contribution >= 0.6 is 11.6 Å². The maximum Gasteiger partial charge on any atom is 0.260 e. The van der Waals surface area contributed by atoms with Crippen molar-refractivity contribution in [1.29, 1.82) is 0 Å². The van der Waals surface area contributed by atoms with Gasteiger partial charge < -0.3 is 15.8 Å². The number of hydrogen-bond acceptors (Lipinski definition) is 3. The zero-order valence-corrected chi connectivity index (χ0v) is 13.3. The van der Waals surface area contributed by atoms with E-state index >= 15 is 0 Å². The van der Waals surface area contributed by atoms with Crippen molar-refractivity contribution in [3.63, 3.8) is 0 Å². The number of rotatable bonds is 7. The molecule has 5 heteroatoms. The van der Waals surface area contributed by atoms with Gasteiger partial charge >= 0.3 is 0 Å². The van der Waals surface area contributed by atoms with Gasteiger partial charge in [0.15, 0.2) is 6.10 Å². The Kier molecular flexibility index (Phi) is 5.48. The lowest BCUT2D eigenvalue weighted by atomic mass is 10.0. The molecule has 1 aromatic rings. The maximum atomic E-state index is 11.9. The third-order valence-electron chi connectivity index (χ3n) is 3.62. The normalized spacial score (nSPS) is 17.1. The minimum Gasteiger partial charge on any atom is -0.479 e. The summed E-state index contributed by atoms with van der Waals surface area (Å²) in [6.45, 7) is 3.79. The first-order chi connectivity index (χ1) is 9.99. The summed E-state index contributed by atoms with van der Waals surface area (Å²) >= 11 is 6.23. The van der Waals surface area contributed by atoms with Crippen LogP contribution < -0.4 is 15.8 Å². The molecular formula is C16H23ClN2O2. The summed E-state index contributed by atoms with van der Waals surface area (Å²) in [6.07, 6.45) is 3.28. The van der Waals surface area contributed by atoms with E-state index in [0.29, 0.717) is 16.8 Å². The highest BCUT2D eigenvalue weighted by Gasteiger charge is 2.26. The number of nitrogens with one attached hydrogen (secondary N) is 1. The number of ether oxygens (including phenoxy) is 1. The van der Waals surface area contributed by atoms with Crippen molar-refractivity contribution in [2.24, 2.45) is 5.73 Å². The van der Waals surface area contributed by atoms with Crippen LogP contribution in [0.1, 0.15) is 38.7 Å². The molecule has 1 amide bonds. The third-order valence-corrected chi connectivity index (χ3v) is 3.91. The first kappa shape index (κ1) is 16.1. The summed E-state index contributed by atoms with van der Waals surface area (Å²) in [6, 6.07) is 6.08. The number of nitrogens with two attached hydrogens (primary N) is 1. The summed E-state index contributed by atoms with van der Waals surface area (Å²) in [5.74, 6) is 0.439. The van der Waals surface area contributed by atoms with Gasteiger partial charge in [-0.15, -0.1) is 0 Å². The van der Waals surface area contributed by atoms with E-state index < -0.39 is 6.10 Å². The second-order valence-corrected chi connectivity index (χ2v) is 6.09. The summed E-state index contributed by atoms with van der Waals surface area (Å²) in [7, 11) is 0. The predicted octanol–water partition coefficient (Wildman–Crippen LogP) is 2.67. The van der Waals surface area contributed by atoms with Crippen molar-refractivity contribution in [2.45, 2.75) is 57.7 Å². The Morgan fingerprint density at radius 1 is 1.52 bits per heavy atom. The molecular weight excluding hydrogens is 288 g/mol. The van der Waals surface area contributed by atoms with Gasteiger partial charge in [-0.3, -0.25) is 4.79 Å². The van der Waals surface area contributed by atoms with Gasteiger partial charge in [0.1, 0.15) is 5.75 Å². The number of benzene rings is 1. The molecule has 0 heterocycles.